The van der Waals surface area contributed by atoms with Crippen LogP contribution in [0.25, 0.3) is 0 Å². The number of hydrogen-bond donors (Lipinski definition) is 1. The Labute approximate surface area is 192 Å². The van der Waals surface area contributed by atoms with Crippen LogP contribution >= 0.6 is 0 Å². The normalized spacial score (nSPS) is 19.3. The summed E-state index contributed by atoms with van der Waals surface area (Å²) in [4.78, 5) is 37.7. The van der Waals surface area contributed by atoms with Crippen LogP contribution in [0.1, 0.15) is 72.0 Å². The number of likely N-dealkylation sites (tertiary alicyclic amines) is 1. The fraction of sp³-hybridized carbons (Fsp3) is 0.458. The molecule has 1 saturated heterocycles. The highest BCUT2D eigenvalue weighted by molar-refractivity contribution is 6.06. The van der Waals surface area contributed by atoms with Crippen LogP contribution in [0, 0.1) is 17.0 Å². The van der Waals surface area contributed by atoms with Gasteiger partial charge in [0.25, 0.3) is 11.6 Å². The molecule has 1 aromatic carbocycles. The Balaban J connectivity index is 1.48. The third-order valence-corrected chi connectivity index (χ3v) is 6.41. The predicted octanol–water partition coefficient (Wildman–Crippen LogP) is 3.91. The smallest absolute Gasteiger partial charge is 0.290 e. The van der Waals surface area contributed by atoms with Crippen molar-refractivity contribution in [3.05, 3.63) is 62.6 Å². The van der Waals surface area contributed by atoms with Crippen molar-refractivity contribution in [2.24, 2.45) is 5.10 Å². The molecule has 33 heavy (non-hydrogen) atoms. The predicted molar refractivity (Wildman–Crippen MR) is 122 cm³/mol. The van der Waals surface area contributed by atoms with E-state index in [1.54, 1.807) is 12.1 Å². The molecular formula is C24H28N4O5. The van der Waals surface area contributed by atoms with Crippen LogP contribution in [-0.4, -0.2) is 39.9 Å². The Hall–Kier alpha value is -3.49. The number of non-ortho nitro benzene ring substituents is 1. The van der Waals surface area contributed by atoms with Crippen molar-refractivity contribution in [1.82, 2.24) is 10.3 Å². The first-order valence-electron chi connectivity index (χ1n) is 11.4. The summed E-state index contributed by atoms with van der Waals surface area (Å²) in [5.41, 5.74) is 5.54. The number of aryl methyl sites for hydroxylation is 1. The van der Waals surface area contributed by atoms with E-state index in [0.717, 1.165) is 55.5 Å². The van der Waals surface area contributed by atoms with Gasteiger partial charge >= 0.3 is 0 Å². The summed E-state index contributed by atoms with van der Waals surface area (Å²) in [6.45, 7) is 4.69. The highest BCUT2D eigenvalue weighted by Gasteiger charge is 2.32. The molecular weight excluding hydrogens is 424 g/mol. The Bertz CT molecular complexity index is 1100. The molecule has 0 spiro atoms. The molecule has 9 nitrogen and oxygen atoms in total. The number of nitrogens with one attached hydrogen (secondary N) is 1. The quantitative estimate of drug-likeness (QED) is 0.545. The largest absolute Gasteiger partial charge is 0.455 e. The number of piperidine rings is 1. The number of rotatable bonds is 5. The maximum atomic E-state index is 13.2. The van der Waals surface area contributed by atoms with Crippen LogP contribution in [0.15, 0.2) is 33.8 Å². The van der Waals surface area contributed by atoms with Gasteiger partial charge in [0.2, 0.25) is 5.91 Å². The highest BCUT2D eigenvalue weighted by atomic mass is 16.6. The van der Waals surface area contributed by atoms with Crippen molar-refractivity contribution in [1.29, 1.82) is 0 Å². The average molecular weight is 453 g/mol. The minimum atomic E-state index is -0.478. The van der Waals surface area contributed by atoms with E-state index in [2.05, 4.69) is 17.5 Å². The van der Waals surface area contributed by atoms with E-state index < -0.39 is 4.92 Å². The highest BCUT2D eigenvalue weighted by Crippen LogP contribution is 2.31. The molecule has 174 valence electrons. The zero-order valence-corrected chi connectivity index (χ0v) is 18.9. The molecule has 4 rings (SSSR count). The Kier molecular flexibility index (Phi) is 6.57. The molecule has 0 saturated carbocycles. The van der Waals surface area contributed by atoms with Gasteiger partial charge in [-0.15, -0.1) is 0 Å². The van der Waals surface area contributed by atoms with Crippen LogP contribution in [0.2, 0.25) is 0 Å². The lowest BCUT2D eigenvalue weighted by molar-refractivity contribution is -0.384. The summed E-state index contributed by atoms with van der Waals surface area (Å²) in [7, 11) is 0. The zero-order chi connectivity index (χ0) is 23.5. The number of benzene rings is 1. The molecule has 2 amide bonds. The Morgan fingerprint density at radius 2 is 1.97 bits per heavy atom. The van der Waals surface area contributed by atoms with E-state index in [-0.39, 0.29) is 30.0 Å². The van der Waals surface area contributed by atoms with Crippen LogP contribution in [-0.2, 0) is 17.6 Å². The van der Waals surface area contributed by atoms with Crippen molar-refractivity contribution >= 4 is 23.2 Å². The second-order valence-electron chi connectivity index (χ2n) is 8.75. The van der Waals surface area contributed by atoms with Crippen molar-refractivity contribution in [2.45, 2.75) is 64.8 Å². The minimum absolute atomic E-state index is 0.0196. The lowest BCUT2D eigenvalue weighted by Gasteiger charge is -2.32. The topological polar surface area (TPSA) is 118 Å². The van der Waals surface area contributed by atoms with Gasteiger partial charge in [0.1, 0.15) is 5.76 Å². The van der Waals surface area contributed by atoms with E-state index in [1.165, 1.54) is 12.1 Å². The van der Waals surface area contributed by atoms with Gasteiger partial charge in [0.15, 0.2) is 5.76 Å². The van der Waals surface area contributed by atoms with Gasteiger partial charge < -0.3 is 9.32 Å². The van der Waals surface area contributed by atoms with Crippen LogP contribution in [0.3, 0.4) is 0 Å². The number of furan rings is 1. The van der Waals surface area contributed by atoms with Crippen molar-refractivity contribution < 1.29 is 18.9 Å². The van der Waals surface area contributed by atoms with Crippen molar-refractivity contribution in [3.63, 3.8) is 0 Å². The molecule has 0 bridgehead atoms. The van der Waals surface area contributed by atoms with Gasteiger partial charge in [-0.05, 0) is 51.5 Å². The van der Waals surface area contributed by atoms with Crippen molar-refractivity contribution in [3.8, 4) is 0 Å². The first-order chi connectivity index (χ1) is 15.8. The van der Waals surface area contributed by atoms with Crippen LogP contribution < -0.4 is 5.43 Å². The standard InChI is InChI=1S/C24H28N4O5/c1-15-6-3-4-13-27(15)24(30)23-16(2)22-19(7-5-8-20(22)33-23)25-26-21(29)14-17-9-11-18(12-10-17)28(31)32/h9-12,15H,3-8,13-14H2,1-2H3,(H,26,29)/b25-19+. The minimum Gasteiger partial charge on any atom is -0.455 e. The van der Waals surface area contributed by atoms with Gasteiger partial charge in [0.05, 0.1) is 17.1 Å². The molecule has 2 aliphatic rings. The molecule has 1 aliphatic heterocycles. The Morgan fingerprint density at radius 3 is 2.67 bits per heavy atom. The molecule has 1 aliphatic carbocycles. The molecule has 1 fully saturated rings. The molecule has 9 heteroatoms. The number of fused-ring (bicyclic) bond motifs is 1. The van der Waals surface area contributed by atoms with Gasteiger partial charge in [-0.3, -0.25) is 19.7 Å². The fourth-order valence-electron chi connectivity index (χ4n) is 4.60. The van der Waals surface area contributed by atoms with E-state index in [4.69, 9.17) is 4.42 Å². The average Bonchev–Trinajstić information content (AvgIpc) is 3.15. The number of carbonyl (C=O) groups is 2. The zero-order valence-electron chi connectivity index (χ0n) is 18.9. The van der Waals surface area contributed by atoms with Gasteiger partial charge in [0, 0.05) is 42.3 Å². The maximum absolute atomic E-state index is 13.2. The number of carbonyl (C=O) groups excluding carboxylic acids is 2. The number of nitro groups is 1. The van der Waals surface area contributed by atoms with Crippen LogP contribution in [0.4, 0.5) is 5.69 Å². The third-order valence-electron chi connectivity index (χ3n) is 6.41. The molecule has 0 radical (unpaired) electrons. The molecule has 1 N–H and O–H groups in total. The van der Waals surface area contributed by atoms with Crippen molar-refractivity contribution in [2.75, 3.05) is 6.54 Å². The summed E-state index contributed by atoms with van der Waals surface area (Å²) in [6, 6.07) is 6.06. The number of amides is 2. The molecule has 1 atom stereocenters. The summed E-state index contributed by atoms with van der Waals surface area (Å²) < 4.78 is 6.02. The molecule has 2 heterocycles. The Morgan fingerprint density at radius 1 is 1.21 bits per heavy atom. The molecule has 1 aromatic heterocycles. The fourth-order valence-corrected chi connectivity index (χ4v) is 4.60. The lowest BCUT2D eigenvalue weighted by Crippen LogP contribution is -2.42. The van der Waals surface area contributed by atoms with Gasteiger partial charge in [-0.2, -0.15) is 5.10 Å². The van der Waals surface area contributed by atoms with E-state index in [9.17, 15) is 19.7 Å². The molecule has 2 aromatic rings. The second-order valence-corrected chi connectivity index (χ2v) is 8.75. The SMILES string of the molecule is Cc1c(C(=O)N2CCCCC2C)oc2c1/C(=N/NC(=O)Cc1ccc([N+](=O)[O-])cc1)CCC2. The lowest BCUT2D eigenvalue weighted by atomic mass is 9.93. The summed E-state index contributed by atoms with van der Waals surface area (Å²) in [6.07, 6.45) is 5.43. The van der Waals surface area contributed by atoms with Gasteiger partial charge in [-0.25, -0.2) is 5.43 Å². The number of nitrogens with zero attached hydrogens (tertiary/aromatic N) is 3. The van der Waals surface area contributed by atoms with Gasteiger partial charge in [-0.1, -0.05) is 12.1 Å². The number of hydrazone groups is 1. The summed E-state index contributed by atoms with van der Waals surface area (Å²) in [5.74, 6) is 0.731. The first kappa shape index (κ1) is 22.7. The van der Waals surface area contributed by atoms with E-state index in [1.807, 2.05) is 11.8 Å². The summed E-state index contributed by atoms with van der Waals surface area (Å²) in [5, 5.41) is 15.1. The third kappa shape index (κ3) is 4.81. The van der Waals surface area contributed by atoms with Crippen LogP contribution in [0.5, 0.6) is 0 Å². The second kappa shape index (κ2) is 9.56. The summed E-state index contributed by atoms with van der Waals surface area (Å²) >= 11 is 0. The first-order valence-corrected chi connectivity index (χ1v) is 11.4. The molecule has 1 unspecified atom stereocenters. The van der Waals surface area contributed by atoms with E-state index >= 15 is 0 Å². The number of hydrogen-bond acceptors (Lipinski definition) is 6. The monoisotopic (exact) mass is 452 g/mol. The number of nitro benzene ring substituents is 1. The van der Waals surface area contributed by atoms with E-state index in [0.29, 0.717) is 23.5 Å². The maximum Gasteiger partial charge on any atom is 0.290 e.